The van der Waals surface area contributed by atoms with Crippen LogP contribution in [0.1, 0.15) is 5.56 Å². The second kappa shape index (κ2) is 5.76. The first kappa shape index (κ1) is 14.7. The fourth-order valence-corrected chi connectivity index (χ4v) is 2.75. The molecule has 0 saturated heterocycles. The van der Waals surface area contributed by atoms with Crippen molar-refractivity contribution in [1.82, 2.24) is 4.98 Å². The van der Waals surface area contributed by atoms with Gasteiger partial charge in [-0.05, 0) is 24.3 Å². The summed E-state index contributed by atoms with van der Waals surface area (Å²) in [7, 11) is -2.95. The summed E-state index contributed by atoms with van der Waals surface area (Å²) < 4.78 is 45.1. The molecule has 0 amide bonds. The second-order valence-electron chi connectivity index (χ2n) is 3.89. The number of halogens is 1. The minimum Gasteiger partial charge on any atom is -0.495 e. The molecule has 1 N–H and O–H groups in total. The van der Waals surface area contributed by atoms with Crippen LogP contribution in [0.25, 0.3) is 0 Å². The Balaban J connectivity index is 2.52. The number of aromatic nitrogens is 1. The second-order valence-corrected chi connectivity index (χ2v) is 5.49. The van der Waals surface area contributed by atoms with Gasteiger partial charge in [0, 0.05) is 6.20 Å². The van der Waals surface area contributed by atoms with Crippen LogP contribution in [0.3, 0.4) is 0 Å². The van der Waals surface area contributed by atoms with E-state index in [0.717, 1.165) is 12.3 Å². The molecule has 1 aromatic heterocycles. The molecule has 8 heteroatoms. The zero-order valence-electron chi connectivity index (χ0n) is 10.9. The van der Waals surface area contributed by atoms with E-state index < -0.39 is 20.9 Å². The zero-order valence-corrected chi connectivity index (χ0v) is 11.7. The van der Waals surface area contributed by atoms with Crippen molar-refractivity contribution in [3.05, 3.63) is 47.9 Å². The molecule has 1 heterocycles. The summed E-state index contributed by atoms with van der Waals surface area (Å²) in [5, 5.41) is 8.28. The van der Waals surface area contributed by atoms with E-state index in [1.54, 1.807) is 0 Å². The molecule has 0 aliphatic heterocycles. The third-order valence-corrected chi connectivity index (χ3v) is 3.86. The number of ether oxygens (including phenoxy) is 1. The lowest BCUT2D eigenvalue weighted by atomic mass is 10.2. The van der Waals surface area contributed by atoms with Crippen molar-refractivity contribution in [2.45, 2.75) is 5.03 Å². The van der Waals surface area contributed by atoms with E-state index in [9.17, 15) is 12.8 Å². The molecule has 2 rings (SSSR count). The van der Waals surface area contributed by atoms with Crippen LogP contribution in [0, 0.1) is 17.1 Å². The Morgan fingerprint density at radius 3 is 2.71 bits per heavy atom. The highest BCUT2D eigenvalue weighted by molar-refractivity contribution is 7.92. The molecule has 0 aliphatic carbocycles. The quantitative estimate of drug-likeness (QED) is 0.931. The SMILES string of the molecule is COc1cccc(C#N)c1NS(=O)(=O)c1ncccc1F. The Kier molecular flexibility index (Phi) is 4.05. The monoisotopic (exact) mass is 307 g/mol. The standard InChI is InChI=1S/C13H10FN3O3S/c1-20-11-6-2-4-9(8-15)12(11)17-21(18,19)13-10(14)5-3-7-16-13/h2-7,17H,1H3. The number of anilines is 1. The Hall–Kier alpha value is -2.66. The van der Waals surface area contributed by atoms with Crippen LogP contribution in [-0.4, -0.2) is 20.5 Å². The summed E-state index contributed by atoms with van der Waals surface area (Å²) in [6, 6.07) is 8.52. The van der Waals surface area contributed by atoms with Crippen LogP contribution in [0.2, 0.25) is 0 Å². The third kappa shape index (κ3) is 2.93. The normalized spacial score (nSPS) is 10.7. The number of pyridine rings is 1. The van der Waals surface area contributed by atoms with Crippen molar-refractivity contribution >= 4 is 15.7 Å². The minimum absolute atomic E-state index is 0.0502. The maximum absolute atomic E-state index is 13.6. The maximum atomic E-state index is 13.6. The number of rotatable bonds is 4. The largest absolute Gasteiger partial charge is 0.495 e. The van der Waals surface area contributed by atoms with Gasteiger partial charge in [0.05, 0.1) is 12.7 Å². The molecule has 0 fully saturated rings. The van der Waals surface area contributed by atoms with E-state index in [-0.39, 0.29) is 17.0 Å². The van der Waals surface area contributed by atoms with E-state index in [1.165, 1.54) is 31.4 Å². The molecular weight excluding hydrogens is 297 g/mol. The van der Waals surface area contributed by atoms with Crippen molar-refractivity contribution < 1.29 is 17.5 Å². The van der Waals surface area contributed by atoms with Crippen LogP contribution >= 0.6 is 0 Å². The van der Waals surface area contributed by atoms with Crippen LogP contribution in [0.15, 0.2) is 41.6 Å². The van der Waals surface area contributed by atoms with E-state index in [2.05, 4.69) is 9.71 Å². The number of nitrogens with one attached hydrogen (secondary N) is 1. The first-order valence-corrected chi connectivity index (χ1v) is 7.18. The number of hydrogen-bond donors (Lipinski definition) is 1. The van der Waals surface area contributed by atoms with E-state index in [0.29, 0.717) is 0 Å². The average molecular weight is 307 g/mol. The molecule has 0 atom stereocenters. The molecule has 0 radical (unpaired) electrons. The maximum Gasteiger partial charge on any atom is 0.282 e. The lowest BCUT2D eigenvalue weighted by Gasteiger charge is -2.12. The first-order valence-electron chi connectivity index (χ1n) is 5.70. The molecule has 0 bridgehead atoms. The molecule has 0 unspecified atom stereocenters. The van der Waals surface area contributed by atoms with Gasteiger partial charge in [0.15, 0.2) is 5.82 Å². The van der Waals surface area contributed by atoms with E-state index in [1.807, 2.05) is 6.07 Å². The molecule has 0 aliphatic rings. The molecule has 2 aromatic rings. The van der Waals surface area contributed by atoms with E-state index in [4.69, 9.17) is 10.00 Å². The van der Waals surface area contributed by atoms with Gasteiger partial charge in [0.1, 0.15) is 17.5 Å². The van der Waals surface area contributed by atoms with Gasteiger partial charge in [-0.15, -0.1) is 0 Å². The molecule has 0 spiro atoms. The summed E-state index contributed by atoms with van der Waals surface area (Å²) in [5.74, 6) is -0.840. The zero-order chi connectivity index (χ0) is 15.5. The number of hydrogen-bond acceptors (Lipinski definition) is 5. The van der Waals surface area contributed by atoms with Crippen molar-refractivity contribution in [3.8, 4) is 11.8 Å². The number of sulfonamides is 1. The summed E-state index contributed by atoms with van der Waals surface area (Å²) in [6.45, 7) is 0. The number of nitrogens with zero attached hydrogens (tertiary/aromatic N) is 2. The molecular formula is C13H10FN3O3S. The lowest BCUT2D eigenvalue weighted by Crippen LogP contribution is -2.17. The molecule has 1 aromatic carbocycles. The smallest absolute Gasteiger partial charge is 0.282 e. The summed E-state index contributed by atoms with van der Waals surface area (Å²) in [4.78, 5) is 3.51. The highest BCUT2D eigenvalue weighted by atomic mass is 32.2. The molecule has 6 nitrogen and oxygen atoms in total. The van der Waals surface area contributed by atoms with Gasteiger partial charge in [0.2, 0.25) is 5.03 Å². The predicted molar refractivity (Wildman–Crippen MR) is 72.7 cm³/mol. The first-order chi connectivity index (χ1) is 9.99. The van der Waals surface area contributed by atoms with Gasteiger partial charge in [-0.25, -0.2) is 9.37 Å². The van der Waals surface area contributed by atoms with Gasteiger partial charge in [-0.2, -0.15) is 13.7 Å². The summed E-state index contributed by atoms with van der Waals surface area (Å²) in [5.41, 5.74) is -0.0122. The number of methoxy groups -OCH3 is 1. The Bertz CT molecular complexity index is 816. The summed E-state index contributed by atoms with van der Waals surface area (Å²) >= 11 is 0. The van der Waals surface area contributed by atoms with Crippen LogP contribution in [0.4, 0.5) is 10.1 Å². The van der Waals surface area contributed by atoms with Crippen molar-refractivity contribution in [3.63, 3.8) is 0 Å². The Labute approximate surface area is 120 Å². The van der Waals surface area contributed by atoms with Crippen LogP contribution in [0.5, 0.6) is 5.75 Å². The highest BCUT2D eigenvalue weighted by Gasteiger charge is 2.23. The summed E-state index contributed by atoms with van der Waals surface area (Å²) in [6.07, 6.45) is 1.16. The Morgan fingerprint density at radius 2 is 2.10 bits per heavy atom. The average Bonchev–Trinajstić information content (AvgIpc) is 2.47. The molecule has 21 heavy (non-hydrogen) atoms. The van der Waals surface area contributed by atoms with E-state index >= 15 is 0 Å². The van der Waals surface area contributed by atoms with Crippen molar-refractivity contribution in [2.24, 2.45) is 0 Å². The molecule has 108 valence electrons. The van der Waals surface area contributed by atoms with Gasteiger partial charge in [-0.1, -0.05) is 6.07 Å². The Morgan fingerprint density at radius 1 is 1.33 bits per heavy atom. The van der Waals surface area contributed by atoms with Gasteiger partial charge >= 0.3 is 0 Å². The molecule has 0 saturated carbocycles. The van der Waals surface area contributed by atoms with Gasteiger partial charge < -0.3 is 4.74 Å². The topological polar surface area (TPSA) is 92.1 Å². The minimum atomic E-state index is -4.28. The number of para-hydroxylation sites is 1. The van der Waals surface area contributed by atoms with Crippen molar-refractivity contribution in [2.75, 3.05) is 11.8 Å². The van der Waals surface area contributed by atoms with Crippen molar-refractivity contribution in [1.29, 1.82) is 5.26 Å². The third-order valence-electron chi connectivity index (χ3n) is 2.58. The van der Waals surface area contributed by atoms with Crippen LogP contribution < -0.4 is 9.46 Å². The fourth-order valence-electron chi connectivity index (χ4n) is 1.65. The number of nitriles is 1. The predicted octanol–water partition coefficient (Wildman–Crippen LogP) is 1.90. The van der Waals surface area contributed by atoms with Gasteiger partial charge in [0.25, 0.3) is 10.0 Å². The lowest BCUT2D eigenvalue weighted by molar-refractivity contribution is 0.416. The fraction of sp³-hybridized carbons (Fsp3) is 0.0769. The van der Waals surface area contributed by atoms with Gasteiger partial charge in [-0.3, -0.25) is 4.72 Å². The number of benzene rings is 1. The highest BCUT2D eigenvalue weighted by Crippen LogP contribution is 2.30. The van der Waals surface area contributed by atoms with Crippen LogP contribution in [-0.2, 0) is 10.0 Å².